The zero-order valence-electron chi connectivity index (χ0n) is 17.4. The Labute approximate surface area is 183 Å². The molecule has 1 N–H and O–H groups in total. The molecule has 2 fully saturated rings. The number of hydrogen-bond acceptors (Lipinski definition) is 4. The van der Waals surface area contributed by atoms with Gasteiger partial charge in [-0.25, -0.2) is 12.7 Å². The lowest BCUT2D eigenvalue weighted by Crippen LogP contribution is -2.42. The van der Waals surface area contributed by atoms with Gasteiger partial charge >= 0.3 is 0 Å². The minimum atomic E-state index is -3.41. The predicted molar refractivity (Wildman–Crippen MR) is 120 cm³/mol. The van der Waals surface area contributed by atoms with Crippen LogP contribution in [0.3, 0.4) is 0 Å². The van der Waals surface area contributed by atoms with Crippen molar-refractivity contribution < 1.29 is 18.0 Å². The minimum absolute atomic E-state index is 0.0259. The number of benzene rings is 2. The Morgan fingerprint density at radius 3 is 2.32 bits per heavy atom. The molecule has 0 radical (unpaired) electrons. The van der Waals surface area contributed by atoms with Crippen LogP contribution in [-0.4, -0.2) is 44.2 Å². The quantitative estimate of drug-likeness (QED) is 0.747. The van der Waals surface area contributed by atoms with E-state index in [2.05, 4.69) is 5.32 Å². The molecule has 2 aliphatic rings. The Kier molecular flexibility index (Phi) is 6.38. The van der Waals surface area contributed by atoms with Crippen molar-refractivity contribution in [1.82, 2.24) is 4.31 Å². The van der Waals surface area contributed by atoms with E-state index in [-0.39, 0.29) is 23.5 Å². The van der Waals surface area contributed by atoms with Crippen LogP contribution in [0.4, 0.5) is 11.4 Å². The summed E-state index contributed by atoms with van der Waals surface area (Å²) in [5, 5.41) is 2.97. The van der Waals surface area contributed by atoms with Crippen LogP contribution in [0.2, 0.25) is 0 Å². The SMILES string of the molecule is O=C(Nc1ccccc1N1CCCC1=O)C1CCN(S(=O)(=O)Cc2ccccc2)CC1. The van der Waals surface area contributed by atoms with Gasteiger partial charge in [0.05, 0.1) is 17.1 Å². The molecular formula is C23H27N3O4S. The van der Waals surface area contributed by atoms with E-state index in [1.54, 1.807) is 23.1 Å². The van der Waals surface area contributed by atoms with Gasteiger partial charge in [-0.15, -0.1) is 0 Å². The van der Waals surface area contributed by atoms with Crippen LogP contribution in [0.25, 0.3) is 0 Å². The maximum absolute atomic E-state index is 12.9. The second-order valence-electron chi connectivity index (χ2n) is 8.07. The highest BCUT2D eigenvalue weighted by molar-refractivity contribution is 7.88. The van der Waals surface area contributed by atoms with Crippen LogP contribution in [0.5, 0.6) is 0 Å². The van der Waals surface area contributed by atoms with E-state index in [0.29, 0.717) is 44.6 Å². The van der Waals surface area contributed by atoms with E-state index in [9.17, 15) is 18.0 Å². The number of carbonyl (C=O) groups excluding carboxylic acids is 2. The van der Waals surface area contributed by atoms with Crippen molar-refractivity contribution in [2.24, 2.45) is 5.92 Å². The summed E-state index contributed by atoms with van der Waals surface area (Å²) in [6, 6.07) is 16.5. The van der Waals surface area contributed by atoms with Crippen LogP contribution in [-0.2, 0) is 25.4 Å². The van der Waals surface area contributed by atoms with Crippen LogP contribution in [0.15, 0.2) is 54.6 Å². The fraction of sp³-hybridized carbons (Fsp3) is 0.391. The zero-order valence-corrected chi connectivity index (χ0v) is 18.2. The molecule has 2 heterocycles. The topological polar surface area (TPSA) is 86.8 Å². The maximum atomic E-state index is 12.9. The van der Waals surface area contributed by atoms with E-state index >= 15 is 0 Å². The van der Waals surface area contributed by atoms with Crippen molar-refractivity contribution >= 4 is 33.2 Å². The highest BCUT2D eigenvalue weighted by Gasteiger charge is 2.32. The lowest BCUT2D eigenvalue weighted by molar-refractivity contribution is -0.121. The lowest BCUT2D eigenvalue weighted by Gasteiger charge is -2.31. The zero-order chi connectivity index (χ0) is 21.8. The molecule has 31 heavy (non-hydrogen) atoms. The smallest absolute Gasteiger partial charge is 0.227 e. The molecule has 0 aliphatic carbocycles. The summed E-state index contributed by atoms with van der Waals surface area (Å²) in [5.74, 6) is -0.342. The third-order valence-corrected chi connectivity index (χ3v) is 7.79. The first-order chi connectivity index (χ1) is 14.9. The van der Waals surface area contributed by atoms with E-state index < -0.39 is 10.0 Å². The first-order valence-corrected chi connectivity index (χ1v) is 12.3. The monoisotopic (exact) mass is 441 g/mol. The first kappa shape index (κ1) is 21.5. The number of anilines is 2. The van der Waals surface area contributed by atoms with Crippen molar-refractivity contribution in [3.05, 3.63) is 60.2 Å². The highest BCUT2D eigenvalue weighted by Crippen LogP contribution is 2.31. The van der Waals surface area contributed by atoms with Gasteiger partial charge in [0.2, 0.25) is 21.8 Å². The molecule has 8 heteroatoms. The summed E-state index contributed by atoms with van der Waals surface area (Å²) >= 11 is 0. The summed E-state index contributed by atoms with van der Waals surface area (Å²) in [7, 11) is -3.41. The molecule has 0 aromatic heterocycles. The summed E-state index contributed by atoms with van der Waals surface area (Å²) in [5.41, 5.74) is 2.11. The van der Waals surface area contributed by atoms with Crippen LogP contribution in [0, 0.1) is 5.92 Å². The standard InChI is InChI=1S/C23H27N3O4S/c27-22-11-6-14-26(22)21-10-5-4-9-20(21)24-23(28)19-12-15-25(16-13-19)31(29,30)17-18-7-2-1-3-8-18/h1-5,7-10,19H,6,11-17H2,(H,24,28). The largest absolute Gasteiger partial charge is 0.324 e. The Balaban J connectivity index is 1.37. The molecule has 0 atom stereocenters. The number of para-hydroxylation sites is 2. The minimum Gasteiger partial charge on any atom is -0.324 e. The number of amides is 2. The fourth-order valence-corrected chi connectivity index (χ4v) is 5.79. The van der Waals surface area contributed by atoms with E-state index in [1.807, 2.05) is 36.4 Å². The average molecular weight is 442 g/mol. The number of rotatable bonds is 6. The third kappa shape index (κ3) is 4.97. The maximum Gasteiger partial charge on any atom is 0.227 e. The van der Waals surface area contributed by atoms with Crippen molar-refractivity contribution in [1.29, 1.82) is 0 Å². The van der Waals surface area contributed by atoms with Crippen LogP contribution < -0.4 is 10.2 Å². The Morgan fingerprint density at radius 1 is 0.968 bits per heavy atom. The second kappa shape index (κ2) is 9.20. The van der Waals surface area contributed by atoms with E-state index in [1.165, 1.54) is 4.31 Å². The number of piperidine rings is 1. The molecule has 7 nitrogen and oxygen atoms in total. The van der Waals surface area contributed by atoms with Gasteiger partial charge in [-0.05, 0) is 37.0 Å². The average Bonchev–Trinajstić information content (AvgIpc) is 3.20. The summed E-state index contributed by atoms with van der Waals surface area (Å²) in [6.07, 6.45) is 2.30. The van der Waals surface area contributed by atoms with Crippen molar-refractivity contribution in [3.8, 4) is 0 Å². The van der Waals surface area contributed by atoms with Crippen molar-refractivity contribution in [3.63, 3.8) is 0 Å². The van der Waals surface area contributed by atoms with Gasteiger partial charge in [0.25, 0.3) is 0 Å². The molecule has 2 aliphatic heterocycles. The molecular weight excluding hydrogens is 414 g/mol. The van der Waals surface area contributed by atoms with Gasteiger partial charge in [0, 0.05) is 32.0 Å². The normalized spacial score (nSPS) is 18.3. The van der Waals surface area contributed by atoms with Gasteiger partial charge in [0.15, 0.2) is 0 Å². The number of carbonyl (C=O) groups is 2. The van der Waals surface area contributed by atoms with Gasteiger partial charge in [-0.1, -0.05) is 42.5 Å². The van der Waals surface area contributed by atoms with Crippen molar-refractivity contribution in [2.75, 3.05) is 29.9 Å². The van der Waals surface area contributed by atoms with Gasteiger partial charge < -0.3 is 10.2 Å². The molecule has 0 unspecified atom stereocenters. The number of hydrogen-bond donors (Lipinski definition) is 1. The van der Waals surface area contributed by atoms with Gasteiger partial charge in [0.1, 0.15) is 0 Å². The molecule has 0 saturated carbocycles. The fourth-order valence-electron chi connectivity index (χ4n) is 4.22. The first-order valence-electron chi connectivity index (χ1n) is 10.7. The van der Waals surface area contributed by atoms with E-state index in [4.69, 9.17) is 0 Å². The summed E-state index contributed by atoms with van der Waals surface area (Å²) in [4.78, 5) is 26.7. The van der Waals surface area contributed by atoms with Gasteiger partial charge in [-0.3, -0.25) is 9.59 Å². The molecule has 0 spiro atoms. The Hall–Kier alpha value is -2.71. The second-order valence-corrected chi connectivity index (χ2v) is 10.0. The Bertz CT molecular complexity index is 1050. The molecule has 2 aromatic rings. The lowest BCUT2D eigenvalue weighted by atomic mass is 9.97. The Morgan fingerprint density at radius 2 is 1.65 bits per heavy atom. The molecule has 2 aromatic carbocycles. The summed E-state index contributed by atoms with van der Waals surface area (Å²) < 4.78 is 27.0. The molecule has 164 valence electrons. The highest BCUT2D eigenvalue weighted by atomic mass is 32.2. The molecule has 2 amide bonds. The molecule has 0 bridgehead atoms. The van der Waals surface area contributed by atoms with Crippen molar-refractivity contribution in [2.45, 2.75) is 31.4 Å². The number of nitrogens with zero attached hydrogens (tertiary/aromatic N) is 2. The predicted octanol–water partition coefficient (Wildman–Crippen LogP) is 2.99. The number of sulfonamides is 1. The van der Waals surface area contributed by atoms with Crippen LogP contribution in [0.1, 0.15) is 31.2 Å². The van der Waals surface area contributed by atoms with Gasteiger partial charge in [-0.2, -0.15) is 0 Å². The molecule has 2 saturated heterocycles. The third-order valence-electron chi connectivity index (χ3n) is 5.94. The summed E-state index contributed by atoms with van der Waals surface area (Å²) in [6.45, 7) is 1.32. The van der Waals surface area contributed by atoms with E-state index in [0.717, 1.165) is 17.7 Å². The number of nitrogens with one attached hydrogen (secondary N) is 1. The van der Waals surface area contributed by atoms with Crippen LogP contribution >= 0.6 is 0 Å². The molecule has 4 rings (SSSR count).